The maximum atomic E-state index is 10.9. The third-order valence-corrected chi connectivity index (χ3v) is 2.41. The highest BCUT2D eigenvalue weighted by molar-refractivity contribution is 5.84. The van der Waals surface area contributed by atoms with E-state index in [1.165, 1.54) is 0 Å². The van der Waals surface area contributed by atoms with Crippen LogP contribution in [0.5, 0.6) is 0 Å². The van der Waals surface area contributed by atoms with Crippen LogP contribution in [-0.4, -0.2) is 40.9 Å². The summed E-state index contributed by atoms with van der Waals surface area (Å²) >= 11 is 0. The molecule has 0 bridgehead atoms. The molecule has 0 unspecified atom stereocenters. The molecule has 1 aromatic heterocycles. The quantitative estimate of drug-likeness (QED) is 0.714. The summed E-state index contributed by atoms with van der Waals surface area (Å²) in [5.74, 6) is 0.777. The molecule has 1 rings (SSSR count). The maximum Gasteiger partial charge on any atom is 0.155 e. The van der Waals surface area contributed by atoms with Crippen molar-refractivity contribution in [1.29, 1.82) is 0 Å². The molecule has 0 aromatic carbocycles. The minimum atomic E-state index is 0.0658. The van der Waals surface area contributed by atoms with E-state index in [9.17, 15) is 4.79 Å². The lowest BCUT2D eigenvalue weighted by Gasteiger charge is -2.22. The van der Waals surface area contributed by atoms with Gasteiger partial charge in [0.05, 0.1) is 17.9 Å². The normalized spacial score (nSPS) is 10.4. The van der Waals surface area contributed by atoms with Gasteiger partial charge in [0, 0.05) is 20.1 Å². The minimum Gasteiger partial charge on any atom is -0.395 e. The van der Waals surface area contributed by atoms with Gasteiger partial charge in [0.2, 0.25) is 0 Å². The average molecular weight is 211 g/mol. The van der Waals surface area contributed by atoms with Crippen LogP contribution < -0.4 is 4.90 Å². The Labute approximate surface area is 89.3 Å². The van der Waals surface area contributed by atoms with Gasteiger partial charge < -0.3 is 10.0 Å². The van der Waals surface area contributed by atoms with Gasteiger partial charge in [-0.15, -0.1) is 0 Å². The molecule has 0 amide bonds. The number of aliphatic hydroxyl groups excluding tert-OH is 1. The molecule has 1 N–H and O–H groups in total. The molecular formula is C10H17N3O2. The molecule has 0 saturated heterocycles. The third-order valence-electron chi connectivity index (χ3n) is 2.41. The van der Waals surface area contributed by atoms with Crippen LogP contribution in [0.1, 0.15) is 23.0 Å². The number of aryl methyl sites for hydroxylation is 2. The second-order valence-corrected chi connectivity index (χ2v) is 3.37. The zero-order valence-electron chi connectivity index (χ0n) is 9.40. The van der Waals surface area contributed by atoms with E-state index in [2.05, 4.69) is 5.10 Å². The second kappa shape index (κ2) is 4.93. The van der Waals surface area contributed by atoms with Crippen LogP contribution in [0.25, 0.3) is 0 Å². The Morgan fingerprint density at radius 1 is 1.60 bits per heavy atom. The Balaban J connectivity index is 3.14. The first-order valence-electron chi connectivity index (χ1n) is 5.00. The molecule has 0 fully saturated rings. The lowest BCUT2D eigenvalue weighted by Crippen LogP contribution is -2.29. The standard InChI is InChI=1S/C10H17N3O2/c1-4-13(5-6-14)10-9(7-15)8(2)11-12(10)3/h7,14H,4-6H2,1-3H3. The molecule has 0 aliphatic rings. The van der Waals surface area contributed by atoms with Crippen molar-refractivity contribution in [2.24, 2.45) is 7.05 Å². The van der Waals surface area contributed by atoms with Gasteiger partial charge in [-0.2, -0.15) is 5.10 Å². The molecule has 84 valence electrons. The summed E-state index contributed by atoms with van der Waals surface area (Å²) in [5.41, 5.74) is 1.33. The van der Waals surface area contributed by atoms with Crippen LogP contribution >= 0.6 is 0 Å². The molecule has 0 radical (unpaired) electrons. The Bertz CT molecular complexity index is 347. The number of hydrogen-bond acceptors (Lipinski definition) is 4. The predicted octanol–water partition coefficient (Wildman–Crippen LogP) is 0.360. The van der Waals surface area contributed by atoms with Crippen molar-refractivity contribution >= 4 is 12.1 Å². The van der Waals surface area contributed by atoms with Gasteiger partial charge in [0.25, 0.3) is 0 Å². The smallest absolute Gasteiger partial charge is 0.155 e. The van der Waals surface area contributed by atoms with Crippen LogP contribution in [0.4, 0.5) is 5.82 Å². The van der Waals surface area contributed by atoms with Crippen molar-refractivity contribution in [1.82, 2.24) is 9.78 Å². The summed E-state index contributed by atoms with van der Waals surface area (Å²) in [6.07, 6.45) is 0.817. The van der Waals surface area contributed by atoms with Gasteiger partial charge >= 0.3 is 0 Å². The van der Waals surface area contributed by atoms with Gasteiger partial charge in [0.15, 0.2) is 6.29 Å². The Hall–Kier alpha value is -1.36. The molecule has 5 nitrogen and oxygen atoms in total. The zero-order valence-corrected chi connectivity index (χ0v) is 9.40. The number of carbonyl (C=O) groups is 1. The molecule has 1 aromatic rings. The Morgan fingerprint density at radius 2 is 2.27 bits per heavy atom. The molecule has 15 heavy (non-hydrogen) atoms. The molecule has 0 atom stereocenters. The fourth-order valence-electron chi connectivity index (χ4n) is 1.71. The van der Waals surface area contributed by atoms with E-state index in [0.717, 1.165) is 24.3 Å². The van der Waals surface area contributed by atoms with E-state index >= 15 is 0 Å². The van der Waals surface area contributed by atoms with Crippen molar-refractivity contribution in [2.45, 2.75) is 13.8 Å². The molecule has 0 saturated carbocycles. The van der Waals surface area contributed by atoms with Crippen molar-refractivity contribution in [2.75, 3.05) is 24.6 Å². The molecular weight excluding hydrogens is 194 g/mol. The van der Waals surface area contributed by atoms with E-state index in [0.29, 0.717) is 12.1 Å². The minimum absolute atomic E-state index is 0.0658. The van der Waals surface area contributed by atoms with Crippen LogP contribution in [0.15, 0.2) is 0 Å². The van der Waals surface area contributed by atoms with Gasteiger partial charge in [-0.1, -0.05) is 0 Å². The lowest BCUT2D eigenvalue weighted by molar-refractivity contribution is 0.112. The zero-order chi connectivity index (χ0) is 11.4. The van der Waals surface area contributed by atoms with E-state index in [4.69, 9.17) is 5.11 Å². The first-order chi connectivity index (χ1) is 7.15. The number of anilines is 1. The summed E-state index contributed by atoms with van der Waals surface area (Å²) in [4.78, 5) is 12.9. The largest absolute Gasteiger partial charge is 0.395 e. The average Bonchev–Trinajstić information content (AvgIpc) is 2.49. The Kier molecular flexibility index (Phi) is 3.85. The van der Waals surface area contributed by atoms with Crippen LogP contribution in [-0.2, 0) is 7.05 Å². The van der Waals surface area contributed by atoms with E-state index in [1.807, 2.05) is 11.8 Å². The highest BCUT2D eigenvalue weighted by Gasteiger charge is 2.17. The van der Waals surface area contributed by atoms with E-state index in [1.54, 1.807) is 18.7 Å². The number of aliphatic hydroxyl groups is 1. The first-order valence-corrected chi connectivity index (χ1v) is 5.00. The van der Waals surface area contributed by atoms with Gasteiger partial charge in [0.1, 0.15) is 5.82 Å². The SMILES string of the molecule is CCN(CCO)c1c(C=O)c(C)nn1C. The van der Waals surface area contributed by atoms with E-state index in [-0.39, 0.29) is 6.61 Å². The lowest BCUT2D eigenvalue weighted by atomic mass is 10.2. The van der Waals surface area contributed by atoms with Crippen molar-refractivity contribution < 1.29 is 9.90 Å². The number of likely N-dealkylation sites (N-methyl/N-ethyl adjacent to an activating group) is 1. The number of hydrogen-bond donors (Lipinski definition) is 1. The Morgan fingerprint density at radius 3 is 2.73 bits per heavy atom. The topological polar surface area (TPSA) is 58.4 Å². The highest BCUT2D eigenvalue weighted by Crippen LogP contribution is 2.20. The number of aromatic nitrogens is 2. The van der Waals surface area contributed by atoms with Gasteiger partial charge in [-0.25, -0.2) is 0 Å². The molecule has 0 aliphatic heterocycles. The molecule has 0 spiro atoms. The fourth-order valence-corrected chi connectivity index (χ4v) is 1.71. The second-order valence-electron chi connectivity index (χ2n) is 3.37. The summed E-state index contributed by atoms with van der Waals surface area (Å²) < 4.78 is 1.68. The van der Waals surface area contributed by atoms with Crippen LogP contribution in [0, 0.1) is 6.92 Å². The van der Waals surface area contributed by atoms with Crippen LogP contribution in [0.2, 0.25) is 0 Å². The summed E-state index contributed by atoms with van der Waals surface area (Å²) in [7, 11) is 1.80. The predicted molar refractivity (Wildman–Crippen MR) is 58.3 cm³/mol. The van der Waals surface area contributed by atoms with Crippen molar-refractivity contribution in [3.63, 3.8) is 0 Å². The number of nitrogens with zero attached hydrogens (tertiary/aromatic N) is 3. The number of carbonyl (C=O) groups excluding carboxylic acids is 1. The molecule has 1 heterocycles. The van der Waals surface area contributed by atoms with Gasteiger partial charge in [-0.05, 0) is 13.8 Å². The summed E-state index contributed by atoms with van der Waals surface area (Å²) in [5, 5.41) is 13.1. The third kappa shape index (κ3) is 2.18. The number of aldehydes is 1. The van der Waals surface area contributed by atoms with Crippen LogP contribution in [0.3, 0.4) is 0 Å². The van der Waals surface area contributed by atoms with Crippen molar-refractivity contribution in [3.8, 4) is 0 Å². The molecule has 5 heteroatoms. The monoisotopic (exact) mass is 211 g/mol. The summed E-state index contributed by atoms with van der Waals surface area (Å²) in [6.45, 7) is 5.10. The maximum absolute atomic E-state index is 10.9. The van der Waals surface area contributed by atoms with E-state index < -0.39 is 0 Å². The number of rotatable bonds is 5. The highest BCUT2D eigenvalue weighted by atomic mass is 16.3. The summed E-state index contributed by atoms with van der Waals surface area (Å²) in [6, 6.07) is 0. The van der Waals surface area contributed by atoms with Gasteiger partial charge in [-0.3, -0.25) is 9.48 Å². The molecule has 0 aliphatic carbocycles. The fraction of sp³-hybridized carbons (Fsp3) is 0.600. The van der Waals surface area contributed by atoms with Crippen molar-refractivity contribution in [3.05, 3.63) is 11.3 Å². The first kappa shape index (κ1) is 11.7.